The second-order valence-electron chi connectivity index (χ2n) is 7.55. The van der Waals surface area contributed by atoms with Crippen LogP contribution in [0, 0.1) is 0 Å². The van der Waals surface area contributed by atoms with E-state index in [9.17, 15) is 18.0 Å². The number of nitrogens with two attached hydrogens (primary N) is 1. The summed E-state index contributed by atoms with van der Waals surface area (Å²) in [5.41, 5.74) is 6.42. The predicted octanol–water partition coefficient (Wildman–Crippen LogP) is 3.49. The summed E-state index contributed by atoms with van der Waals surface area (Å²) < 4.78 is 43.7. The number of benzene rings is 1. The molecule has 12 heteroatoms. The SMILES string of the molecule is CCNc1cc(-c2c(-c3nncn3C)cnn2C)c(-c2cccc(C(F)(F)F)c2)c(C(N)=O)n1. The van der Waals surface area contributed by atoms with Gasteiger partial charge in [0.05, 0.1) is 23.0 Å². The molecule has 0 saturated carbocycles. The zero-order valence-electron chi connectivity index (χ0n) is 18.6. The van der Waals surface area contributed by atoms with Gasteiger partial charge in [0.15, 0.2) is 5.82 Å². The number of hydrogen-bond acceptors (Lipinski definition) is 6. The molecule has 0 unspecified atom stereocenters. The highest BCUT2D eigenvalue weighted by Gasteiger charge is 2.32. The van der Waals surface area contributed by atoms with Crippen molar-refractivity contribution in [2.75, 3.05) is 11.9 Å². The lowest BCUT2D eigenvalue weighted by atomic mass is 9.92. The topological polar surface area (TPSA) is 117 Å². The van der Waals surface area contributed by atoms with E-state index in [1.807, 2.05) is 6.92 Å². The average molecular weight is 470 g/mol. The van der Waals surface area contributed by atoms with E-state index in [-0.39, 0.29) is 16.8 Å². The number of nitrogens with zero attached hydrogens (tertiary/aromatic N) is 6. The van der Waals surface area contributed by atoms with Crippen molar-refractivity contribution in [3.8, 4) is 33.8 Å². The van der Waals surface area contributed by atoms with Crippen LogP contribution in [0.1, 0.15) is 23.0 Å². The summed E-state index contributed by atoms with van der Waals surface area (Å²) >= 11 is 0. The molecule has 1 amide bonds. The van der Waals surface area contributed by atoms with E-state index < -0.39 is 17.6 Å². The zero-order chi connectivity index (χ0) is 24.6. The first-order valence-electron chi connectivity index (χ1n) is 10.2. The summed E-state index contributed by atoms with van der Waals surface area (Å²) in [5, 5.41) is 15.4. The molecule has 0 bridgehead atoms. The minimum Gasteiger partial charge on any atom is -0.370 e. The first-order chi connectivity index (χ1) is 16.1. The second-order valence-corrected chi connectivity index (χ2v) is 7.55. The summed E-state index contributed by atoms with van der Waals surface area (Å²) in [6, 6.07) is 6.34. The zero-order valence-corrected chi connectivity index (χ0v) is 18.6. The molecule has 0 radical (unpaired) electrons. The number of carbonyl (C=O) groups is 1. The smallest absolute Gasteiger partial charge is 0.370 e. The third-order valence-electron chi connectivity index (χ3n) is 5.24. The number of hydrogen-bond donors (Lipinski definition) is 2. The normalized spacial score (nSPS) is 11.6. The maximum absolute atomic E-state index is 13.5. The van der Waals surface area contributed by atoms with Crippen molar-refractivity contribution in [1.29, 1.82) is 0 Å². The van der Waals surface area contributed by atoms with Gasteiger partial charge in [0.2, 0.25) is 0 Å². The van der Waals surface area contributed by atoms with Crippen LogP contribution in [0.3, 0.4) is 0 Å². The van der Waals surface area contributed by atoms with Gasteiger partial charge < -0.3 is 15.6 Å². The second kappa shape index (κ2) is 8.61. The molecule has 3 N–H and O–H groups in total. The van der Waals surface area contributed by atoms with Gasteiger partial charge in [0, 0.05) is 31.8 Å². The Kier molecular flexibility index (Phi) is 5.82. The van der Waals surface area contributed by atoms with Crippen LogP contribution in [0.15, 0.2) is 42.9 Å². The fourth-order valence-corrected chi connectivity index (χ4v) is 3.77. The highest BCUT2D eigenvalue weighted by Crippen LogP contribution is 2.41. The number of aryl methyl sites for hydroxylation is 2. The fourth-order valence-electron chi connectivity index (χ4n) is 3.77. The van der Waals surface area contributed by atoms with Crippen LogP contribution >= 0.6 is 0 Å². The van der Waals surface area contributed by atoms with Crippen molar-refractivity contribution in [1.82, 2.24) is 29.5 Å². The first kappa shape index (κ1) is 23.0. The van der Waals surface area contributed by atoms with Crippen molar-refractivity contribution in [3.63, 3.8) is 0 Å². The minimum atomic E-state index is -4.57. The van der Waals surface area contributed by atoms with E-state index in [1.165, 1.54) is 18.5 Å². The molecule has 0 aliphatic rings. The van der Waals surface area contributed by atoms with Crippen molar-refractivity contribution >= 4 is 11.7 Å². The van der Waals surface area contributed by atoms with Crippen LogP contribution in [0.4, 0.5) is 19.0 Å². The van der Waals surface area contributed by atoms with E-state index in [4.69, 9.17) is 5.73 Å². The van der Waals surface area contributed by atoms with Gasteiger partial charge in [-0.25, -0.2) is 4.98 Å². The molecule has 34 heavy (non-hydrogen) atoms. The Morgan fingerprint density at radius 1 is 1.18 bits per heavy atom. The number of anilines is 1. The summed E-state index contributed by atoms with van der Waals surface area (Å²) in [7, 11) is 3.44. The van der Waals surface area contributed by atoms with Crippen LogP contribution in [0.2, 0.25) is 0 Å². The van der Waals surface area contributed by atoms with Crippen LogP contribution in [0.5, 0.6) is 0 Å². The monoisotopic (exact) mass is 470 g/mol. The highest BCUT2D eigenvalue weighted by atomic mass is 19.4. The van der Waals surface area contributed by atoms with E-state index >= 15 is 0 Å². The first-order valence-corrected chi connectivity index (χ1v) is 10.2. The molecule has 9 nitrogen and oxygen atoms in total. The molecule has 0 aliphatic carbocycles. The molecule has 3 heterocycles. The molecule has 0 fully saturated rings. The van der Waals surface area contributed by atoms with E-state index in [0.717, 1.165) is 12.1 Å². The molecule has 0 spiro atoms. The molecular weight excluding hydrogens is 449 g/mol. The molecule has 176 valence electrons. The number of amides is 1. The van der Waals surface area contributed by atoms with Gasteiger partial charge in [-0.05, 0) is 30.7 Å². The van der Waals surface area contributed by atoms with Gasteiger partial charge in [-0.3, -0.25) is 9.48 Å². The van der Waals surface area contributed by atoms with Crippen molar-refractivity contribution in [3.05, 3.63) is 54.1 Å². The van der Waals surface area contributed by atoms with Crippen LogP contribution in [-0.4, -0.2) is 42.0 Å². The predicted molar refractivity (Wildman–Crippen MR) is 120 cm³/mol. The fraction of sp³-hybridized carbons (Fsp3) is 0.227. The largest absolute Gasteiger partial charge is 0.416 e. The third kappa shape index (κ3) is 4.09. The van der Waals surface area contributed by atoms with Crippen molar-refractivity contribution in [2.45, 2.75) is 13.1 Å². The molecule has 4 aromatic rings. The van der Waals surface area contributed by atoms with Gasteiger partial charge in [0.25, 0.3) is 5.91 Å². The number of halogens is 3. The number of rotatable bonds is 6. The number of primary amides is 1. The molecule has 0 saturated heterocycles. The van der Waals surface area contributed by atoms with Gasteiger partial charge in [-0.15, -0.1) is 10.2 Å². The standard InChI is InChI=1S/C22H21F3N8O/c1-4-27-16-9-14(19-15(10-29-33(19)3)21-31-28-11-32(21)2)17(18(30-16)20(26)34)12-6-5-7-13(8-12)22(23,24)25/h5-11H,4H2,1-3H3,(H2,26,34)(H,27,30). The van der Waals surface area contributed by atoms with E-state index in [1.54, 1.807) is 35.6 Å². The Hall–Kier alpha value is -4.22. The Morgan fingerprint density at radius 3 is 2.56 bits per heavy atom. The van der Waals surface area contributed by atoms with E-state index in [0.29, 0.717) is 35.0 Å². The lowest BCUT2D eigenvalue weighted by molar-refractivity contribution is -0.137. The van der Waals surface area contributed by atoms with Gasteiger partial charge in [-0.2, -0.15) is 18.3 Å². The number of carbonyl (C=O) groups excluding carboxylic acids is 1. The van der Waals surface area contributed by atoms with Gasteiger partial charge in [-0.1, -0.05) is 12.1 Å². The Bertz CT molecular complexity index is 1370. The van der Waals surface area contributed by atoms with Crippen molar-refractivity contribution in [2.24, 2.45) is 19.8 Å². The Balaban J connectivity index is 2.10. The summed E-state index contributed by atoms with van der Waals surface area (Å²) in [5.74, 6) is -0.0523. The third-order valence-corrected chi connectivity index (χ3v) is 5.24. The van der Waals surface area contributed by atoms with Gasteiger partial charge >= 0.3 is 6.18 Å². The van der Waals surface area contributed by atoms with Crippen LogP contribution in [-0.2, 0) is 20.3 Å². The Morgan fingerprint density at radius 2 is 1.94 bits per heavy atom. The molecular formula is C22H21F3N8O. The quantitative estimate of drug-likeness (QED) is 0.446. The number of nitrogens with one attached hydrogen (secondary N) is 1. The maximum atomic E-state index is 13.5. The summed E-state index contributed by atoms with van der Waals surface area (Å²) in [6.45, 7) is 2.34. The lowest BCUT2D eigenvalue weighted by Gasteiger charge is -2.18. The highest BCUT2D eigenvalue weighted by molar-refractivity contribution is 6.04. The summed E-state index contributed by atoms with van der Waals surface area (Å²) in [4.78, 5) is 16.8. The number of pyridine rings is 1. The molecule has 0 atom stereocenters. The number of aromatic nitrogens is 6. The minimum absolute atomic E-state index is 0.138. The molecule has 0 aliphatic heterocycles. The Labute approximate surface area is 192 Å². The summed E-state index contributed by atoms with van der Waals surface area (Å²) in [6.07, 6.45) is -1.48. The van der Waals surface area contributed by atoms with Crippen LogP contribution < -0.4 is 11.1 Å². The average Bonchev–Trinajstić information content (AvgIpc) is 3.37. The molecule has 1 aromatic carbocycles. The van der Waals surface area contributed by atoms with E-state index in [2.05, 4.69) is 25.6 Å². The van der Waals surface area contributed by atoms with Crippen molar-refractivity contribution < 1.29 is 18.0 Å². The maximum Gasteiger partial charge on any atom is 0.416 e. The molecule has 3 aromatic heterocycles. The molecule has 4 rings (SSSR count). The van der Waals surface area contributed by atoms with Crippen LogP contribution in [0.25, 0.3) is 33.8 Å². The van der Waals surface area contributed by atoms with Gasteiger partial charge in [0.1, 0.15) is 17.8 Å². The number of alkyl halides is 3. The lowest BCUT2D eigenvalue weighted by Crippen LogP contribution is -2.17.